The highest BCUT2D eigenvalue weighted by Crippen LogP contribution is 2.30. The SMILES string of the molecule is Cc1n[nH]c(C)c1CC(=O)N1CCc2ccc(C(=O)O)cc21. The van der Waals surface area contributed by atoms with Gasteiger partial charge in [-0.2, -0.15) is 5.10 Å². The van der Waals surface area contributed by atoms with Crippen LogP contribution in [0, 0.1) is 13.8 Å². The Bertz CT molecular complexity index is 744. The molecule has 2 N–H and O–H groups in total. The zero-order valence-corrected chi connectivity index (χ0v) is 12.5. The maximum Gasteiger partial charge on any atom is 0.335 e. The lowest BCUT2D eigenvalue weighted by atomic mass is 10.1. The van der Waals surface area contributed by atoms with E-state index >= 15 is 0 Å². The molecule has 22 heavy (non-hydrogen) atoms. The van der Waals surface area contributed by atoms with Gasteiger partial charge in [0.1, 0.15) is 0 Å². The molecular weight excluding hydrogens is 282 g/mol. The highest BCUT2D eigenvalue weighted by Gasteiger charge is 2.26. The number of aromatic carboxylic acids is 1. The number of carboxylic acids is 1. The molecule has 1 aliphatic rings. The lowest BCUT2D eigenvalue weighted by Crippen LogP contribution is -2.30. The van der Waals surface area contributed by atoms with Crippen molar-refractivity contribution in [3.63, 3.8) is 0 Å². The van der Waals surface area contributed by atoms with Crippen molar-refractivity contribution in [1.82, 2.24) is 10.2 Å². The first-order chi connectivity index (χ1) is 10.5. The van der Waals surface area contributed by atoms with Gasteiger partial charge in [0.05, 0.1) is 17.7 Å². The molecule has 114 valence electrons. The van der Waals surface area contributed by atoms with Crippen LogP contribution < -0.4 is 4.90 Å². The number of amides is 1. The van der Waals surface area contributed by atoms with E-state index in [2.05, 4.69) is 10.2 Å². The van der Waals surface area contributed by atoms with E-state index in [1.165, 1.54) is 0 Å². The third-order valence-corrected chi connectivity index (χ3v) is 4.14. The normalized spacial score (nSPS) is 13.3. The van der Waals surface area contributed by atoms with E-state index in [1.807, 2.05) is 13.8 Å². The molecule has 0 saturated heterocycles. The van der Waals surface area contributed by atoms with Crippen molar-refractivity contribution in [3.05, 3.63) is 46.3 Å². The molecule has 0 fully saturated rings. The van der Waals surface area contributed by atoms with Gasteiger partial charge in [-0.1, -0.05) is 6.07 Å². The summed E-state index contributed by atoms with van der Waals surface area (Å²) in [6, 6.07) is 4.96. The van der Waals surface area contributed by atoms with E-state index in [9.17, 15) is 9.59 Å². The summed E-state index contributed by atoms with van der Waals surface area (Å²) in [4.78, 5) is 25.4. The van der Waals surface area contributed by atoms with E-state index in [1.54, 1.807) is 23.1 Å². The van der Waals surface area contributed by atoms with Crippen molar-refractivity contribution in [1.29, 1.82) is 0 Å². The molecule has 0 radical (unpaired) electrons. The Labute approximate surface area is 127 Å². The zero-order valence-electron chi connectivity index (χ0n) is 12.5. The largest absolute Gasteiger partial charge is 0.478 e. The lowest BCUT2D eigenvalue weighted by Gasteiger charge is -2.18. The number of anilines is 1. The second-order valence-corrected chi connectivity index (χ2v) is 5.53. The number of rotatable bonds is 3. The third kappa shape index (κ3) is 2.36. The average molecular weight is 299 g/mol. The predicted molar refractivity (Wildman–Crippen MR) is 81.2 cm³/mol. The fourth-order valence-electron chi connectivity index (χ4n) is 2.85. The number of nitrogens with one attached hydrogen (secondary N) is 1. The number of carbonyl (C=O) groups excluding carboxylic acids is 1. The molecule has 1 aromatic carbocycles. The van der Waals surface area contributed by atoms with Gasteiger partial charge < -0.3 is 10.0 Å². The van der Waals surface area contributed by atoms with Gasteiger partial charge >= 0.3 is 5.97 Å². The Morgan fingerprint density at radius 1 is 1.36 bits per heavy atom. The number of aromatic nitrogens is 2. The van der Waals surface area contributed by atoms with Crippen molar-refractivity contribution >= 4 is 17.6 Å². The first-order valence-corrected chi connectivity index (χ1v) is 7.14. The van der Waals surface area contributed by atoms with Gasteiger partial charge in [-0.15, -0.1) is 0 Å². The van der Waals surface area contributed by atoms with Crippen LogP contribution >= 0.6 is 0 Å². The summed E-state index contributed by atoms with van der Waals surface area (Å²) in [7, 11) is 0. The molecule has 1 aliphatic heterocycles. The van der Waals surface area contributed by atoms with Crippen LogP contribution in [-0.4, -0.2) is 33.7 Å². The number of carboxylic acid groups (broad SMARTS) is 1. The van der Waals surface area contributed by atoms with E-state index in [4.69, 9.17) is 5.11 Å². The number of aromatic amines is 1. The molecule has 3 rings (SSSR count). The topological polar surface area (TPSA) is 86.3 Å². The molecule has 0 spiro atoms. The minimum absolute atomic E-state index is 0.0334. The molecule has 0 bridgehead atoms. The summed E-state index contributed by atoms with van der Waals surface area (Å²) in [5, 5.41) is 16.1. The lowest BCUT2D eigenvalue weighted by molar-refractivity contribution is -0.117. The molecule has 2 aromatic rings. The molecule has 0 aliphatic carbocycles. The van der Waals surface area contributed by atoms with Gasteiger partial charge in [0.2, 0.25) is 5.91 Å². The standard InChI is InChI=1S/C16H17N3O3/c1-9-13(10(2)18-17-9)8-15(20)19-6-5-11-3-4-12(16(21)22)7-14(11)19/h3-4,7H,5-6,8H2,1-2H3,(H,17,18)(H,21,22). The Morgan fingerprint density at radius 3 is 2.77 bits per heavy atom. The highest BCUT2D eigenvalue weighted by molar-refractivity contribution is 5.98. The first kappa shape index (κ1) is 14.3. The second kappa shape index (κ2) is 5.29. The Morgan fingerprint density at radius 2 is 2.14 bits per heavy atom. The number of benzene rings is 1. The predicted octanol–water partition coefficient (Wildman–Crippen LogP) is 1.86. The van der Waals surface area contributed by atoms with Crippen molar-refractivity contribution in [3.8, 4) is 0 Å². The van der Waals surface area contributed by atoms with Crippen LogP contribution in [0.3, 0.4) is 0 Å². The number of fused-ring (bicyclic) bond motifs is 1. The summed E-state index contributed by atoms with van der Waals surface area (Å²) in [5.41, 5.74) is 4.55. The number of nitrogens with zero attached hydrogens (tertiary/aromatic N) is 2. The van der Waals surface area contributed by atoms with Gasteiger partial charge in [-0.05, 0) is 38.0 Å². The molecule has 6 nitrogen and oxygen atoms in total. The molecule has 0 saturated carbocycles. The van der Waals surface area contributed by atoms with Crippen LogP contribution in [0.5, 0.6) is 0 Å². The third-order valence-electron chi connectivity index (χ3n) is 4.14. The summed E-state index contributed by atoms with van der Waals surface area (Å²) in [6.45, 7) is 4.35. The monoisotopic (exact) mass is 299 g/mol. The Kier molecular flexibility index (Phi) is 3.44. The highest BCUT2D eigenvalue weighted by atomic mass is 16.4. The van der Waals surface area contributed by atoms with Crippen LogP contribution in [-0.2, 0) is 17.6 Å². The van der Waals surface area contributed by atoms with Crippen molar-refractivity contribution < 1.29 is 14.7 Å². The fourth-order valence-corrected chi connectivity index (χ4v) is 2.85. The maximum absolute atomic E-state index is 12.6. The van der Waals surface area contributed by atoms with Crippen LogP contribution in [0.2, 0.25) is 0 Å². The zero-order chi connectivity index (χ0) is 15.9. The molecule has 0 unspecified atom stereocenters. The number of H-pyrrole nitrogens is 1. The number of carbonyl (C=O) groups is 2. The van der Waals surface area contributed by atoms with Gasteiger partial charge in [0.25, 0.3) is 0 Å². The molecule has 2 heterocycles. The van der Waals surface area contributed by atoms with Crippen LogP contribution in [0.1, 0.15) is 32.9 Å². The minimum atomic E-state index is -0.983. The minimum Gasteiger partial charge on any atom is -0.478 e. The van der Waals surface area contributed by atoms with Crippen molar-refractivity contribution in [2.24, 2.45) is 0 Å². The van der Waals surface area contributed by atoms with Crippen LogP contribution in [0.4, 0.5) is 5.69 Å². The second-order valence-electron chi connectivity index (χ2n) is 5.53. The molecule has 6 heteroatoms. The molecular formula is C16H17N3O3. The quantitative estimate of drug-likeness (QED) is 0.905. The maximum atomic E-state index is 12.6. The first-order valence-electron chi connectivity index (χ1n) is 7.14. The summed E-state index contributed by atoms with van der Waals surface area (Å²) in [6.07, 6.45) is 1.02. The number of aryl methyl sites for hydroxylation is 2. The Balaban J connectivity index is 1.87. The summed E-state index contributed by atoms with van der Waals surface area (Å²) in [5.74, 6) is -1.02. The van der Waals surface area contributed by atoms with E-state index in [0.717, 1.165) is 28.9 Å². The molecule has 1 amide bonds. The number of hydrogen-bond acceptors (Lipinski definition) is 3. The van der Waals surface area contributed by atoms with Gasteiger partial charge in [-0.25, -0.2) is 4.79 Å². The molecule has 0 atom stereocenters. The smallest absolute Gasteiger partial charge is 0.335 e. The molecule has 1 aromatic heterocycles. The number of hydrogen-bond donors (Lipinski definition) is 2. The van der Waals surface area contributed by atoms with Gasteiger partial charge in [-0.3, -0.25) is 9.89 Å². The van der Waals surface area contributed by atoms with Crippen LogP contribution in [0.25, 0.3) is 0 Å². The van der Waals surface area contributed by atoms with Crippen molar-refractivity contribution in [2.75, 3.05) is 11.4 Å². The van der Waals surface area contributed by atoms with E-state index in [-0.39, 0.29) is 17.9 Å². The van der Waals surface area contributed by atoms with Crippen molar-refractivity contribution in [2.45, 2.75) is 26.7 Å². The Hall–Kier alpha value is -2.63. The van der Waals surface area contributed by atoms with Crippen LogP contribution in [0.15, 0.2) is 18.2 Å². The summed E-state index contributed by atoms with van der Waals surface area (Å²) < 4.78 is 0. The van der Waals surface area contributed by atoms with E-state index in [0.29, 0.717) is 12.2 Å². The van der Waals surface area contributed by atoms with Gasteiger partial charge in [0.15, 0.2) is 0 Å². The van der Waals surface area contributed by atoms with Gasteiger partial charge in [0, 0.05) is 23.5 Å². The average Bonchev–Trinajstić information content (AvgIpc) is 3.04. The summed E-state index contributed by atoms with van der Waals surface area (Å²) >= 11 is 0. The van der Waals surface area contributed by atoms with E-state index < -0.39 is 5.97 Å². The fraction of sp³-hybridized carbons (Fsp3) is 0.312.